The van der Waals surface area contributed by atoms with Crippen molar-refractivity contribution in [2.24, 2.45) is 0 Å². The minimum absolute atomic E-state index is 0.0538. The number of likely N-dealkylation sites (N-methyl/N-ethyl adjacent to an activating group) is 1. The van der Waals surface area contributed by atoms with E-state index in [0.717, 1.165) is 57.8 Å². The van der Waals surface area contributed by atoms with Crippen molar-refractivity contribution < 1.29 is 38.2 Å². The Bertz CT molecular complexity index is 1230. The summed E-state index contributed by atoms with van der Waals surface area (Å²) in [4.78, 5) is 37.3. The van der Waals surface area contributed by atoms with Crippen LogP contribution in [-0.2, 0) is 28.6 Å². The second-order valence-electron chi connectivity index (χ2n) is 20.2. The zero-order chi connectivity index (χ0) is 49.2. The molecule has 2 unspecified atom stereocenters. The predicted octanol–water partition coefficient (Wildman–Crippen LogP) is 16.7. The molecule has 0 aliphatic rings. The standard InChI is InChI=1S/C59H107NO7/c1-6-8-10-12-14-16-18-20-22-24-26-28-29-30-32-33-35-37-39-41-43-45-47-49-57(61)66-54-55(53-65-52-51-56(59(63)64)60(3,4)5)67-58(62)50-48-46-44-42-40-38-36-34-31-27-25-23-21-19-17-15-13-11-9-7-2/h9,11,15,17,21,23,30,32,55-56H,6-8,10,12-14,16,18-20,22,24-29,31,33-54H2,1-5H3/p+1/b11-9+,17-15+,23-21+,32-30+. The van der Waals surface area contributed by atoms with Gasteiger partial charge in [-0.25, -0.2) is 4.79 Å². The number of unbranched alkanes of at least 4 members (excludes halogenated alkanes) is 29. The quantitative estimate of drug-likeness (QED) is 0.0281. The highest BCUT2D eigenvalue weighted by atomic mass is 16.6. The molecule has 1 N–H and O–H groups in total. The SMILES string of the molecule is CC/C=C/C/C=C/C/C=C/CCCCCCCCCCCCC(=O)OC(COCCC(C(=O)O)[N+](C)(C)C)COC(=O)CCCCCCCCC/C=C/CCCCCCCCCCCCCC. The Morgan fingerprint density at radius 3 is 1.25 bits per heavy atom. The highest BCUT2D eigenvalue weighted by molar-refractivity contribution is 5.72. The fourth-order valence-corrected chi connectivity index (χ4v) is 8.40. The Balaban J connectivity index is 4.17. The third-order valence-electron chi connectivity index (χ3n) is 12.7. The Hall–Kier alpha value is -2.71. The first-order valence-electron chi connectivity index (χ1n) is 28.2. The van der Waals surface area contributed by atoms with E-state index in [4.69, 9.17) is 14.2 Å². The van der Waals surface area contributed by atoms with Gasteiger partial charge < -0.3 is 23.8 Å². The lowest BCUT2D eigenvalue weighted by molar-refractivity contribution is -0.887. The molecule has 0 aliphatic heterocycles. The van der Waals surface area contributed by atoms with Crippen LogP contribution in [0.3, 0.4) is 0 Å². The molecule has 2 atom stereocenters. The van der Waals surface area contributed by atoms with Crippen molar-refractivity contribution in [2.45, 2.75) is 270 Å². The number of allylic oxidation sites excluding steroid dienone is 8. The number of carboxylic acids is 1. The second-order valence-corrected chi connectivity index (χ2v) is 20.2. The molecule has 67 heavy (non-hydrogen) atoms. The van der Waals surface area contributed by atoms with Crippen molar-refractivity contribution in [3.63, 3.8) is 0 Å². The predicted molar refractivity (Wildman–Crippen MR) is 284 cm³/mol. The van der Waals surface area contributed by atoms with E-state index in [1.165, 1.54) is 167 Å². The van der Waals surface area contributed by atoms with Crippen LogP contribution in [-0.4, -0.2) is 80.6 Å². The number of carboxylic acid groups (broad SMARTS) is 1. The average molecular weight is 944 g/mol. The third-order valence-corrected chi connectivity index (χ3v) is 12.7. The highest BCUT2D eigenvalue weighted by Gasteiger charge is 2.31. The van der Waals surface area contributed by atoms with Crippen molar-refractivity contribution >= 4 is 17.9 Å². The molecular weight excluding hydrogens is 835 g/mol. The summed E-state index contributed by atoms with van der Waals surface area (Å²) in [6.45, 7) is 4.66. The van der Waals surface area contributed by atoms with E-state index in [0.29, 0.717) is 19.3 Å². The van der Waals surface area contributed by atoms with Gasteiger partial charge in [0.2, 0.25) is 0 Å². The zero-order valence-electron chi connectivity index (χ0n) is 44.6. The minimum Gasteiger partial charge on any atom is -0.477 e. The second kappa shape index (κ2) is 49.7. The van der Waals surface area contributed by atoms with Gasteiger partial charge in [0.05, 0.1) is 34.4 Å². The fourth-order valence-electron chi connectivity index (χ4n) is 8.40. The summed E-state index contributed by atoms with van der Waals surface area (Å²) < 4.78 is 17.4. The maximum atomic E-state index is 12.8. The number of quaternary nitrogens is 1. The Kier molecular flexibility index (Phi) is 47.7. The zero-order valence-corrected chi connectivity index (χ0v) is 44.6. The molecule has 0 heterocycles. The van der Waals surface area contributed by atoms with Crippen LogP contribution in [0.2, 0.25) is 0 Å². The first kappa shape index (κ1) is 64.3. The Morgan fingerprint density at radius 1 is 0.463 bits per heavy atom. The van der Waals surface area contributed by atoms with Gasteiger partial charge >= 0.3 is 17.9 Å². The van der Waals surface area contributed by atoms with E-state index < -0.39 is 18.1 Å². The van der Waals surface area contributed by atoms with Gasteiger partial charge in [0.25, 0.3) is 0 Å². The van der Waals surface area contributed by atoms with Gasteiger partial charge in [0.1, 0.15) is 6.61 Å². The largest absolute Gasteiger partial charge is 0.477 e. The lowest BCUT2D eigenvalue weighted by Crippen LogP contribution is -2.50. The van der Waals surface area contributed by atoms with Gasteiger partial charge in [-0.1, -0.05) is 217 Å². The van der Waals surface area contributed by atoms with E-state index in [1.807, 2.05) is 21.1 Å². The number of ether oxygens (including phenoxy) is 3. The number of hydrogen-bond acceptors (Lipinski definition) is 6. The van der Waals surface area contributed by atoms with Crippen molar-refractivity contribution in [1.29, 1.82) is 0 Å². The molecule has 0 amide bonds. The molecule has 8 nitrogen and oxygen atoms in total. The summed E-state index contributed by atoms with van der Waals surface area (Å²) >= 11 is 0. The summed E-state index contributed by atoms with van der Waals surface area (Å²) in [5, 5.41) is 9.67. The van der Waals surface area contributed by atoms with Gasteiger partial charge in [-0.15, -0.1) is 0 Å². The number of rotatable bonds is 51. The van der Waals surface area contributed by atoms with Crippen LogP contribution in [0.4, 0.5) is 0 Å². The van der Waals surface area contributed by atoms with E-state index in [2.05, 4.69) is 62.5 Å². The first-order chi connectivity index (χ1) is 32.6. The normalized spacial score (nSPS) is 13.1. The van der Waals surface area contributed by atoms with Gasteiger partial charge in [-0.05, 0) is 70.6 Å². The van der Waals surface area contributed by atoms with Crippen molar-refractivity contribution in [1.82, 2.24) is 0 Å². The topological polar surface area (TPSA) is 99.1 Å². The molecule has 0 rings (SSSR count). The average Bonchev–Trinajstić information content (AvgIpc) is 3.29. The Morgan fingerprint density at radius 2 is 0.836 bits per heavy atom. The van der Waals surface area contributed by atoms with Gasteiger partial charge in [0.15, 0.2) is 12.1 Å². The van der Waals surface area contributed by atoms with Crippen LogP contribution in [0.15, 0.2) is 48.6 Å². The van der Waals surface area contributed by atoms with E-state index >= 15 is 0 Å². The molecule has 390 valence electrons. The van der Waals surface area contributed by atoms with Crippen LogP contribution in [0.25, 0.3) is 0 Å². The summed E-state index contributed by atoms with van der Waals surface area (Å²) in [5.74, 6) is -1.47. The number of hydrogen-bond donors (Lipinski definition) is 1. The molecule has 0 aliphatic carbocycles. The summed E-state index contributed by atoms with van der Waals surface area (Å²) in [6, 6.07) is -0.617. The minimum atomic E-state index is -0.874. The number of aliphatic carboxylic acids is 1. The lowest BCUT2D eigenvalue weighted by atomic mass is 10.0. The fraction of sp³-hybridized carbons (Fsp3) is 0.814. The highest BCUT2D eigenvalue weighted by Crippen LogP contribution is 2.16. The van der Waals surface area contributed by atoms with Crippen LogP contribution in [0, 0.1) is 0 Å². The van der Waals surface area contributed by atoms with Gasteiger partial charge in [0, 0.05) is 19.3 Å². The molecule has 0 fully saturated rings. The number of carbonyl (C=O) groups excluding carboxylic acids is 2. The molecule has 0 saturated carbocycles. The maximum absolute atomic E-state index is 12.8. The summed E-state index contributed by atoms with van der Waals surface area (Å²) in [7, 11) is 5.54. The van der Waals surface area contributed by atoms with Crippen molar-refractivity contribution in [3.05, 3.63) is 48.6 Å². The number of nitrogens with zero attached hydrogens (tertiary/aromatic N) is 1. The van der Waals surface area contributed by atoms with Crippen molar-refractivity contribution in [2.75, 3.05) is 41.0 Å². The lowest BCUT2D eigenvalue weighted by Gasteiger charge is -2.31. The maximum Gasteiger partial charge on any atom is 0.362 e. The molecule has 0 saturated heterocycles. The molecule has 0 aromatic rings. The third kappa shape index (κ3) is 48.1. The molecule has 0 bridgehead atoms. The van der Waals surface area contributed by atoms with Gasteiger partial charge in [-0.3, -0.25) is 9.59 Å². The van der Waals surface area contributed by atoms with Crippen molar-refractivity contribution in [3.8, 4) is 0 Å². The van der Waals surface area contributed by atoms with E-state index in [-0.39, 0.29) is 36.2 Å². The number of esters is 2. The Labute approximate surface area is 414 Å². The molecule has 0 aromatic heterocycles. The van der Waals surface area contributed by atoms with Crippen LogP contribution >= 0.6 is 0 Å². The summed E-state index contributed by atoms with van der Waals surface area (Å²) in [6.07, 6.45) is 61.7. The number of carbonyl (C=O) groups is 3. The van der Waals surface area contributed by atoms with E-state index in [1.54, 1.807) is 0 Å². The molecule has 0 spiro atoms. The molecule has 0 aromatic carbocycles. The monoisotopic (exact) mass is 943 g/mol. The van der Waals surface area contributed by atoms with Crippen LogP contribution in [0.5, 0.6) is 0 Å². The molecule has 8 heteroatoms. The smallest absolute Gasteiger partial charge is 0.362 e. The molecule has 0 radical (unpaired) electrons. The van der Waals surface area contributed by atoms with Crippen LogP contribution in [0.1, 0.15) is 258 Å². The molecular formula is C59H108NO7+. The van der Waals surface area contributed by atoms with Crippen LogP contribution < -0.4 is 0 Å². The van der Waals surface area contributed by atoms with Gasteiger partial charge in [-0.2, -0.15) is 0 Å². The van der Waals surface area contributed by atoms with E-state index in [9.17, 15) is 19.5 Å². The first-order valence-corrected chi connectivity index (χ1v) is 28.2. The summed E-state index contributed by atoms with van der Waals surface area (Å²) in [5.41, 5.74) is 0.